The van der Waals surface area contributed by atoms with Crippen LogP contribution in [0.4, 0.5) is 0 Å². The molecule has 0 saturated carbocycles. The van der Waals surface area contributed by atoms with Crippen LogP contribution in [0.15, 0.2) is 0 Å². The van der Waals surface area contributed by atoms with E-state index in [9.17, 15) is 8.42 Å². The van der Waals surface area contributed by atoms with E-state index in [1.54, 1.807) is 6.92 Å². The predicted octanol–water partition coefficient (Wildman–Crippen LogP) is 2.06. The van der Waals surface area contributed by atoms with Crippen molar-refractivity contribution in [3.63, 3.8) is 0 Å². The topological polar surface area (TPSA) is 43.4 Å². The van der Waals surface area contributed by atoms with E-state index in [0.29, 0.717) is 0 Å². The molecule has 5 heteroatoms. The second kappa shape index (κ2) is 11.4. The fraction of sp³-hybridized carbons (Fsp3) is 1.00. The first-order valence-corrected chi connectivity index (χ1v) is 7.07. The Bertz CT molecular complexity index is 215. The summed E-state index contributed by atoms with van der Waals surface area (Å²) in [5.41, 5.74) is 0. The molecular formula is C10H23NaO3S. The summed E-state index contributed by atoms with van der Waals surface area (Å²) in [5.74, 6) is 0.174. The van der Waals surface area contributed by atoms with Crippen LogP contribution in [-0.4, -0.2) is 50.3 Å². The molecule has 0 fully saturated rings. The quantitative estimate of drug-likeness (QED) is 0.355. The van der Waals surface area contributed by atoms with Gasteiger partial charge < -0.3 is 0 Å². The van der Waals surface area contributed by atoms with Crippen molar-refractivity contribution in [2.75, 3.05) is 12.4 Å². The van der Waals surface area contributed by atoms with E-state index in [2.05, 4.69) is 11.1 Å². The molecule has 0 unspecified atom stereocenters. The third-order valence-electron chi connectivity index (χ3n) is 2.05. The predicted molar refractivity (Wildman–Crippen MR) is 65.9 cm³/mol. The van der Waals surface area contributed by atoms with Crippen molar-refractivity contribution in [1.82, 2.24) is 0 Å². The van der Waals surface area contributed by atoms with E-state index in [-0.39, 0.29) is 41.9 Å². The van der Waals surface area contributed by atoms with Crippen molar-refractivity contribution in [2.24, 2.45) is 0 Å². The Morgan fingerprint density at radius 1 is 0.933 bits per heavy atom. The molecule has 0 aromatic carbocycles. The molecule has 0 aromatic rings. The summed E-state index contributed by atoms with van der Waals surface area (Å²) in [4.78, 5) is 0. The zero-order valence-corrected chi connectivity index (χ0v) is 10.1. The molecule has 88 valence electrons. The van der Waals surface area contributed by atoms with Gasteiger partial charge in [-0.1, -0.05) is 39.0 Å². The molecule has 0 saturated heterocycles. The van der Waals surface area contributed by atoms with Crippen molar-refractivity contribution in [3.05, 3.63) is 0 Å². The Kier molecular flexibility index (Phi) is 13.9. The summed E-state index contributed by atoms with van der Waals surface area (Å²) in [6.45, 7) is 4.11. The van der Waals surface area contributed by atoms with Crippen LogP contribution in [-0.2, 0) is 14.3 Å². The van der Waals surface area contributed by atoms with Crippen molar-refractivity contribution in [1.29, 1.82) is 0 Å². The molecule has 0 heterocycles. The van der Waals surface area contributed by atoms with Gasteiger partial charge in [0, 0.05) is 0 Å². The Morgan fingerprint density at radius 2 is 1.47 bits per heavy atom. The van der Waals surface area contributed by atoms with Gasteiger partial charge in [-0.25, -0.2) is 0 Å². The number of hydrogen-bond donors (Lipinski definition) is 0. The SMILES string of the molecule is CCCCCCCCS(=O)(=O)OCC.[NaH]. The Balaban J connectivity index is 0. The fourth-order valence-electron chi connectivity index (χ4n) is 1.30. The van der Waals surface area contributed by atoms with E-state index in [4.69, 9.17) is 0 Å². The van der Waals surface area contributed by atoms with Gasteiger partial charge in [-0.05, 0) is 13.3 Å². The third kappa shape index (κ3) is 12.8. The minimum absolute atomic E-state index is 0. The van der Waals surface area contributed by atoms with Crippen molar-refractivity contribution >= 4 is 39.7 Å². The van der Waals surface area contributed by atoms with Gasteiger partial charge in [0.2, 0.25) is 0 Å². The molecule has 3 nitrogen and oxygen atoms in total. The first-order valence-electron chi connectivity index (χ1n) is 5.49. The number of unbranched alkanes of at least 4 members (excludes halogenated alkanes) is 5. The van der Waals surface area contributed by atoms with Crippen LogP contribution in [0.25, 0.3) is 0 Å². The Hall–Kier alpha value is 0.910. The van der Waals surface area contributed by atoms with Gasteiger partial charge in [0.15, 0.2) is 0 Å². The molecule has 0 atom stereocenters. The number of hydrogen-bond acceptors (Lipinski definition) is 3. The molecule has 0 aliphatic rings. The molecule has 0 N–H and O–H groups in total. The first-order chi connectivity index (χ1) is 6.62. The molecule has 0 bridgehead atoms. The molecule has 0 rings (SSSR count). The summed E-state index contributed by atoms with van der Waals surface area (Å²) in [6.07, 6.45) is 6.54. The summed E-state index contributed by atoms with van der Waals surface area (Å²) in [6, 6.07) is 0. The standard InChI is InChI=1S/C10H22O3S.Na.H/c1-3-5-6-7-8-9-10-14(11,12)13-4-2;;/h3-10H2,1-2H3;;. The summed E-state index contributed by atoms with van der Waals surface area (Å²) >= 11 is 0. The van der Waals surface area contributed by atoms with Gasteiger partial charge in [-0.2, -0.15) is 8.42 Å². The first kappa shape index (κ1) is 18.3. The maximum absolute atomic E-state index is 11.1. The van der Waals surface area contributed by atoms with Gasteiger partial charge >= 0.3 is 29.6 Å². The van der Waals surface area contributed by atoms with Gasteiger partial charge in [0.05, 0.1) is 12.4 Å². The monoisotopic (exact) mass is 246 g/mol. The summed E-state index contributed by atoms with van der Waals surface area (Å²) < 4.78 is 26.8. The van der Waals surface area contributed by atoms with Gasteiger partial charge in [-0.15, -0.1) is 0 Å². The molecule has 0 spiro atoms. The Morgan fingerprint density at radius 3 is 2.00 bits per heavy atom. The van der Waals surface area contributed by atoms with Crippen LogP contribution in [0, 0.1) is 0 Å². The van der Waals surface area contributed by atoms with E-state index >= 15 is 0 Å². The molecule has 0 aliphatic heterocycles. The maximum atomic E-state index is 11.1. The summed E-state index contributed by atoms with van der Waals surface area (Å²) in [5, 5.41) is 0. The zero-order chi connectivity index (χ0) is 10.9. The van der Waals surface area contributed by atoms with E-state index < -0.39 is 10.1 Å². The van der Waals surface area contributed by atoms with Crippen molar-refractivity contribution in [3.8, 4) is 0 Å². The minimum atomic E-state index is -3.22. The number of rotatable bonds is 9. The fourth-order valence-corrected chi connectivity index (χ4v) is 2.33. The van der Waals surface area contributed by atoms with Crippen molar-refractivity contribution in [2.45, 2.75) is 52.4 Å². The van der Waals surface area contributed by atoms with Crippen LogP contribution in [0.1, 0.15) is 52.4 Å². The van der Waals surface area contributed by atoms with Gasteiger partial charge in [0.1, 0.15) is 0 Å². The summed E-state index contributed by atoms with van der Waals surface area (Å²) in [7, 11) is -3.22. The second-order valence-electron chi connectivity index (χ2n) is 3.44. The average molecular weight is 246 g/mol. The van der Waals surface area contributed by atoms with Crippen LogP contribution >= 0.6 is 0 Å². The van der Waals surface area contributed by atoms with Gasteiger partial charge in [-0.3, -0.25) is 4.18 Å². The normalized spacial score (nSPS) is 11.1. The second-order valence-corrected chi connectivity index (χ2v) is 5.20. The van der Waals surface area contributed by atoms with Crippen LogP contribution in [0.3, 0.4) is 0 Å². The van der Waals surface area contributed by atoms with E-state index in [1.807, 2.05) is 0 Å². The van der Waals surface area contributed by atoms with Crippen LogP contribution in [0.2, 0.25) is 0 Å². The third-order valence-corrected chi connectivity index (χ3v) is 3.43. The van der Waals surface area contributed by atoms with E-state index in [1.165, 1.54) is 19.3 Å². The van der Waals surface area contributed by atoms with Crippen molar-refractivity contribution < 1.29 is 12.6 Å². The Labute approximate surface area is 116 Å². The molecule has 0 aromatic heterocycles. The molecule has 0 aliphatic carbocycles. The van der Waals surface area contributed by atoms with Crippen LogP contribution < -0.4 is 0 Å². The zero-order valence-electron chi connectivity index (χ0n) is 9.29. The van der Waals surface area contributed by atoms with E-state index in [0.717, 1.165) is 19.3 Å². The van der Waals surface area contributed by atoms with Gasteiger partial charge in [0.25, 0.3) is 10.1 Å². The average Bonchev–Trinajstić information content (AvgIpc) is 2.11. The van der Waals surface area contributed by atoms with Crippen LogP contribution in [0.5, 0.6) is 0 Å². The molecule has 0 amide bonds. The molecule has 0 radical (unpaired) electrons. The molecular weight excluding hydrogens is 223 g/mol. The molecule has 15 heavy (non-hydrogen) atoms.